The molecule has 34 heavy (non-hydrogen) atoms. The van der Waals surface area contributed by atoms with Crippen molar-refractivity contribution in [3.05, 3.63) is 93.2 Å². The third-order valence-corrected chi connectivity index (χ3v) is 5.45. The second-order valence-corrected chi connectivity index (χ2v) is 7.81. The first kappa shape index (κ1) is 21.7. The van der Waals surface area contributed by atoms with Gasteiger partial charge in [0, 0.05) is 23.9 Å². The van der Waals surface area contributed by atoms with E-state index in [1.54, 1.807) is 25.3 Å². The van der Waals surface area contributed by atoms with Gasteiger partial charge in [-0.15, -0.1) is 10.2 Å². The molecule has 9 nitrogen and oxygen atoms in total. The largest absolute Gasteiger partial charge is 0.378 e. The van der Waals surface area contributed by atoms with Crippen molar-refractivity contribution in [2.24, 2.45) is 0 Å². The zero-order valence-corrected chi connectivity index (χ0v) is 18.5. The van der Waals surface area contributed by atoms with Crippen LogP contribution in [-0.4, -0.2) is 37.5 Å². The maximum atomic E-state index is 13.1. The fraction of sp³-hybridized carbons (Fsp3) is 0.0870. The van der Waals surface area contributed by atoms with E-state index in [1.165, 1.54) is 22.8 Å². The molecule has 0 saturated heterocycles. The number of rotatable bonds is 5. The van der Waals surface area contributed by atoms with E-state index in [-0.39, 0.29) is 17.7 Å². The summed E-state index contributed by atoms with van der Waals surface area (Å²) < 4.78 is 20.9. The molecule has 1 N–H and O–H groups in total. The maximum Gasteiger partial charge on any atom is 0.299 e. The number of benzene rings is 2. The maximum absolute atomic E-state index is 13.1. The Morgan fingerprint density at radius 3 is 2.53 bits per heavy atom. The summed E-state index contributed by atoms with van der Waals surface area (Å²) in [6, 6.07) is 13.8. The van der Waals surface area contributed by atoms with Crippen LogP contribution in [0.1, 0.15) is 16.1 Å². The van der Waals surface area contributed by atoms with Crippen molar-refractivity contribution in [1.29, 1.82) is 0 Å². The van der Waals surface area contributed by atoms with Gasteiger partial charge < -0.3 is 4.74 Å². The average Bonchev–Trinajstić information content (AvgIpc) is 3.20. The number of fused-ring (bicyclic) bond motifs is 3. The van der Waals surface area contributed by atoms with Crippen LogP contribution >= 0.6 is 11.6 Å². The SMILES string of the molecule is COCc1nn2c(nnc3c(=O)n(NC(=O)c4ccc(F)cc4)ccc32)c1-c1ccc(Cl)cc1. The second-order valence-electron chi connectivity index (χ2n) is 7.37. The average molecular weight is 479 g/mol. The van der Waals surface area contributed by atoms with Gasteiger partial charge in [0.15, 0.2) is 11.2 Å². The van der Waals surface area contributed by atoms with Crippen molar-refractivity contribution in [2.45, 2.75) is 6.61 Å². The third kappa shape index (κ3) is 3.78. The molecule has 11 heteroatoms. The molecule has 2 aromatic carbocycles. The van der Waals surface area contributed by atoms with Gasteiger partial charge in [-0.1, -0.05) is 23.7 Å². The molecule has 0 fully saturated rings. The Labute approximate surface area is 196 Å². The van der Waals surface area contributed by atoms with Crippen LogP contribution in [0.4, 0.5) is 4.39 Å². The summed E-state index contributed by atoms with van der Waals surface area (Å²) in [6.07, 6.45) is 1.40. The van der Waals surface area contributed by atoms with E-state index in [0.29, 0.717) is 27.4 Å². The summed E-state index contributed by atoms with van der Waals surface area (Å²) in [5, 5.41) is 13.6. The van der Waals surface area contributed by atoms with Crippen molar-refractivity contribution < 1.29 is 13.9 Å². The van der Waals surface area contributed by atoms with Crippen LogP contribution in [0.3, 0.4) is 0 Å². The fourth-order valence-electron chi connectivity index (χ4n) is 3.60. The third-order valence-electron chi connectivity index (χ3n) is 5.19. The van der Waals surface area contributed by atoms with Crippen LogP contribution in [0.25, 0.3) is 27.8 Å². The molecule has 0 aliphatic rings. The molecule has 5 rings (SSSR count). The Morgan fingerprint density at radius 1 is 1.09 bits per heavy atom. The highest BCUT2D eigenvalue weighted by Crippen LogP contribution is 2.30. The molecule has 5 aromatic rings. The number of ether oxygens (including phenoxy) is 1. The molecule has 0 aliphatic heterocycles. The Hall–Kier alpha value is -4.15. The summed E-state index contributed by atoms with van der Waals surface area (Å²) in [5.41, 5.74) is 5.05. The Bertz CT molecular complexity index is 1600. The molecular weight excluding hydrogens is 463 g/mol. The lowest BCUT2D eigenvalue weighted by molar-refractivity contribution is 0.101. The number of nitrogens with zero attached hydrogens (tertiary/aromatic N) is 5. The van der Waals surface area contributed by atoms with Crippen LogP contribution in [0.5, 0.6) is 0 Å². The molecule has 0 atom stereocenters. The summed E-state index contributed by atoms with van der Waals surface area (Å²) in [5.74, 6) is -1.05. The summed E-state index contributed by atoms with van der Waals surface area (Å²) >= 11 is 6.03. The van der Waals surface area contributed by atoms with Crippen LogP contribution in [0.15, 0.2) is 65.6 Å². The Balaban J connectivity index is 1.61. The number of aromatic nitrogens is 5. The smallest absolute Gasteiger partial charge is 0.299 e. The van der Waals surface area contributed by atoms with Gasteiger partial charge in [-0.3, -0.25) is 15.0 Å². The van der Waals surface area contributed by atoms with E-state index in [0.717, 1.165) is 22.4 Å². The van der Waals surface area contributed by atoms with Crippen molar-refractivity contribution >= 4 is 34.2 Å². The first-order valence-corrected chi connectivity index (χ1v) is 10.5. The van der Waals surface area contributed by atoms with Crippen LogP contribution in [0, 0.1) is 5.82 Å². The lowest BCUT2D eigenvalue weighted by atomic mass is 10.1. The summed E-state index contributed by atoms with van der Waals surface area (Å²) in [7, 11) is 1.56. The van der Waals surface area contributed by atoms with Crippen LogP contribution in [0.2, 0.25) is 5.02 Å². The van der Waals surface area contributed by atoms with E-state index >= 15 is 0 Å². The Morgan fingerprint density at radius 2 is 1.82 bits per heavy atom. The number of carbonyl (C=O) groups excluding carboxylic acids is 1. The van der Waals surface area contributed by atoms with Gasteiger partial charge in [0.25, 0.3) is 11.5 Å². The van der Waals surface area contributed by atoms with Gasteiger partial charge >= 0.3 is 0 Å². The first-order chi connectivity index (χ1) is 16.5. The van der Waals surface area contributed by atoms with Gasteiger partial charge in [-0.05, 0) is 48.0 Å². The van der Waals surface area contributed by atoms with Gasteiger partial charge in [0.1, 0.15) is 11.3 Å². The van der Waals surface area contributed by atoms with Crippen LogP contribution in [-0.2, 0) is 11.3 Å². The standard InChI is InChI=1S/C23H16ClFN6O3/c1-34-12-17-19(13-2-6-15(24)7-3-13)21-27-26-20-18(31(21)28-17)10-11-30(23(20)33)29-22(32)14-4-8-16(25)9-5-14/h2-11H,12H2,1H3,(H,29,32). The highest BCUT2D eigenvalue weighted by molar-refractivity contribution is 6.30. The summed E-state index contributed by atoms with van der Waals surface area (Å²) in [6.45, 7) is 0.216. The number of methoxy groups -OCH3 is 1. The van der Waals surface area contributed by atoms with E-state index in [4.69, 9.17) is 16.3 Å². The quantitative estimate of drug-likeness (QED) is 0.415. The molecule has 0 saturated carbocycles. The molecule has 3 aromatic heterocycles. The fourth-order valence-corrected chi connectivity index (χ4v) is 3.73. The second kappa shape index (κ2) is 8.65. The van der Waals surface area contributed by atoms with Crippen molar-refractivity contribution in [3.63, 3.8) is 0 Å². The lowest BCUT2D eigenvalue weighted by Crippen LogP contribution is -2.33. The normalized spacial score (nSPS) is 11.3. The van der Waals surface area contributed by atoms with Gasteiger partial charge in [-0.25, -0.2) is 13.6 Å². The highest BCUT2D eigenvalue weighted by atomic mass is 35.5. The van der Waals surface area contributed by atoms with E-state index in [9.17, 15) is 14.0 Å². The van der Waals surface area contributed by atoms with E-state index in [2.05, 4.69) is 20.7 Å². The molecule has 3 heterocycles. The molecule has 0 aliphatic carbocycles. The molecule has 0 spiro atoms. The molecule has 0 bridgehead atoms. The predicted octanol–water partition coefficient (Wildman–Crippen LogP) is 3.43. The minimum absolute atomic E-state index is 0.00327. The van der Waals surface area contributed by atoms with Gasteiger partial charge in [0.2, 0.25) is 0 Å². The van der Waals surface area contributed by atoms with Crippen molar-refractivity contribution in [3.8, 4) is 11.1 Å². The molecule has 0 unspecified atom stereocenters. The minimum atomic E-state index is -0.598. The number of hydrogen-bond donors (Lipinski definition) is 1. The predicted molar refractivity (Wildman–Crippen MR) is 124 cm³/mol. The number of nitrogens with one attached hydrogen (secondary N) is 1. The number of amides is 1. The highest BCUT2D eigenvalue weighted by Gasteiger charge is 2.20. The number of halogens is 2. The van der Waals surface area contributed by atoms with Crippen molar-refractivity contribution in [2.75, 3.05) is 12.5 Å². The lowest BCUT2D eigenvalue weighted by Gasteiger charge is -2.09. The monoisotopic (exact) mass is 478 g/mol. The number of hydrogen-bond acceptors (Lipinski definition) is 6. The molecular formula is C23H16ClFN6O3. The first-order valence-electron chi connectivity index (χ1n) is 10.1. The molecule has 0 radical (unpaired) electrons. The molecule has 1 amide bonds. The van der Waals surface area contributed by atoms with E-state index < -0.39 is 17.3 Å². The van der Waals surface area contributed by atoms with Gasteiger partial charge in [0.05, 0.1) is 17.9 Å². The topological polar surface area (TPSA) is 103 Å². The zero-order valence-electron chi connectivity index (χ0n) is 17.7. The van der Waals surface area contributed by atoms with Crippen molar-refractivity contribution in [1.82, 2.24) is 24.5 Å². The minimum Gasteiger partial charge on any atom is -0.378 e. The van der Waals surface area contributed by atoms with Crippen LogP contribution < -0.4 is 11.0 Å². The Kier molecular flexibility index (Phi) is 5.52. The number of carbonyl (C=O) groups is 1. The molecule has 170 valence electrons. The van der Waals surface area contributed by atoms with E-state index in [1.807, 2.05) is 12.1 Å². The number of pyridine rings is 1. The van der Waals surface area contributed by atoms with Gasteiger partial charge in [-0.2, -0.15) is 5.10 Å². The zero-order chi connectivity index (χ0) is 23.8. The summed E-state index contributed by atoms with van der Waals surface area (Å²) in [4.78, 5) is 25.5.